The van der Waals surface area contributed by atoms with E-state index in [2.05, 4.69) is 52.0 Å². The molecule has 1 aliphatic rings. The summed E-state index contributed by atoms with van der Waals surface area (Å²) in [5.74, 6) is 0.902. The largest absolute Gasteiger partial charge is 0.493 e. The fourth-order valence-electron chi connectivity index (χ4n) is 3.78. The molecule has 0 atom stereocenters. The van der Waals surface area contributed by atoms with Gasteiger partial charge in [-0.15, -0.1) is 0 Å². The molecule has 1 aromatic carbocycles. The number of hydrogen-bond donors (Lipinski definition) is 1. The standard InChI is InChI=1S/C22H28N4O/c1-3-27-20-8-5-4-7-18(20)22-19(16-25-12-6-10-23-11-14-25)26-13-9-17(2)15-21(26)24-22/h4-5,7-9,13,15,23H,3,6,10-12,14,16H2,1-2H3. The molecule has 5 nitrogen and oxygen atoms in total. The van der Waals surface area contributed by atoms with Gasteiger partial charge < -0.3 is 14.5 Å². The van der Waals surface area contributed by atoms with E-state index in [-0.39, 0.29) is 0 Å². The number of rotatable bonds is 5. The number of nitrogens with zero attached hydrogens (tertiary/aromatic N) is 3. The summed E-state index contributed by atoms with van der Waals surface area (Å²) in [5, 5.41) is 3.49. The lowest BCUT2D eigenvalue weighted by Gasteiger charge is -2.20. The van der Waals surface area contributed by atoms with Gasteiger partial charge in [-0.2, -0.15) is 0 Å². The van der Waals surface area contributed by atoms with Crippen LogP contribution in [0.25, 0.3) is 16.9 Å². The van der Waals surface area contributed by atoms with E-state index in [1.807, 2.05) is 19.1 Å². The van der Waals surface area contributed by atoms with Crippen LogP contribution in [0.15, 0.2) is 42.6 Å². The van der Waals surface area contributed by atoms with E-state index in [9.17, 15) is 0 Å². The molecule has 0 radical (unpaired) electrons. The third kappa shape index (κ3) is 3.84. The summed E-state index contributed by atoms with van der Waals surface area (Å²) in [5.41, 5.74) is 5.56. The van der Waals surface area contributed by atoms with Crippen LogP contribution in [-0.2, 0) is 6.54 Å². The average molecular weight is 364 g/mol. The molecule has 1 aliphatic heterocycles. The van der Waals surface area contributed by atoms with E-state index in [0.29, 0.717) is 6.61 Å². The Bertz CT molecular complexity index is 910. The van der Waals surface area contributed by atoms with Crippen LogP contribution < -0.4 is 10.1 Å². The van der Waals surface area contributed by atoms with E-state index in [1.54, 1.807) is 0 Å². The third-order valence-corrected chi connectivity index (χ3v) is 5.13. The Labute approximate surface area is 161 Å². The fraction of sp³-hybridized carbons (Fsp3) is 0.409. The Hall–Kier alpha value is -2.37. The van der Waals surface area contributed by atoms with Crippen LogP contribution in [0.2, 0.25) is 0 Å². The van der Waals surface area contributed by atoms with Gasteiger partial charge in [-0.25, -0.2) is 4.98 Å². The molecule has 1 fully saturated rings. The highest BCUT2D eigenvalue weighted by Crippen LogP contribution is 2.33. The summed E-state index contributed by atoms with van der Waals surface area (Å²) >= 11 is 0. The molecule has 27 heavy (non-hydrogen) atoms. The zero-order chi connectivity index (χ0) is 18.6. The third-order valence-electron chi connectivity index (χ3n) is 5.13. The number of aromatic nitrogens is 2. The van der Waals surface area contributed by atoms with Gasteiger partial charge in [0, 0.05) is 31.4 Å². The van der Waals surface area contributed by atoms with Crippen molar-refractivity contribution < 1.29 is 4.74 Å². The first kappa shape index (κ1) is 18.0. The maximum atomic E-state index is 5.90. The van der Waals surface area contributed by atoms with Crippen molar-refractivity contribution >= 4 is 5.65 Å². The summed E-state index contributed by atoms with van der Waals surface area (Å²) in [7, 11) is 0. The van der Waals surface area contributed by atoms with Crippen molar-refractivity contribution in [3.63, 3.8) is 0 Å². The molecule has 0 bridgehead atoms. The van der Waals surface area contributed by atoms with Crippen LogP contribution in [0.5, 0.6) is 5.75 Å². The van der Waals surface area contributed by atoms with Gasteiger partial charge in [-0.3, -0.25) is 4.90 Å². The van der Waals surface area contributed by atoms with Gasteiger partial charge >= 0.3 is 0 Å². The van der Waals surface area contributed by atoms with Crippen molar-refractivity contribution in [2.75, 3.05) is 32.8 Å². The second kappa shape index (κ2) is 8.11. The van der Waals surface area contributed by atoms with E-state index < -0.39 is 0 Å². The predicted molar refractivity (Wildman–Crippen MR) is 109 cm³/mol. The van der Waals surface area contributed by atoms with Gasteiger partial charge in [0.25, 0.3) is 0 Å². The molecule has 0 spiro atoms. The first-order valence-electron chi connectivity index (χ1n) is 9.89. The zero-order valence-corrected chi connectivity index (χ0v) is 16.2. The van der Waals surface area contributed by atoms with Crippen LogP contribution in [0.3, 0.4) is 0 Å². The lowest BCUT2D eigenvalue weighted by atomic mass is 10.1. The zero-order valence-electron chi connectivity index (χ0n) is 16.2. The molecular weight excluding hydrogens is 336 g/mol. The maximum absolute atomic E-state index is 5.90. The maximum Gasteiger partial charge on any atom is 0.137 e. The van der Waals surface area contributed by atoms with Crippen molar-refractivity contribution in [1.29, 1.82) is 0 Å². The van der Waals surface area contributed by atoms with Crippen LogP contribution in [0, 0.1) is 6.92 Å². The molecule has 5 heteroatoms. The Morgan fingerprint density at radius 2 is 2.04 bits per heavy atom. The summed E-state index contributed by atoms with van der Waals surface area (Å²) in [6.07, 6.45) is 3.33. The number of para-hydroxylation sites is 1. The second-order valence-electron chi connectivity index (χ2n) is 7.15. The smallest absolute Gasteiger partial charge is 0.137 e. The highest BCUT2D eigenvalue weighted by Gasteiger charge is 2.20. The number of pyridine rings is 1. The lowest BCUT2D eigenvalue weighted by molar-refractivity contribution is 0.280. The monoisotopic (exact) mass is 364 g/mol. The molecule has 3 aromatic rings. The molecule has 0 aliphatic carbocycles. The number of nitrogens with one attached hydrogen (secondary N) is 1. The van der Waals surface area contributed by atoms with Crippen molar-refractivity contribution in [2.24, 2.45) is 0 Å². The second-order valence-corrected chi connectivity index (χ2v) is 7.15. The van der Waals surface area contributed by atoms with Crippen molar-refractivity contribution in [3.8, 4) is 17.0 Å². The first-order valence-corrected chi connectivity index (χ1v) is 9.89. The molecule has 4 rings (SSSR count). The summed E-state index contributed by atoms with van der Waals surface area (Å²) in [4.78, 5) is 7.54. The van der Waals surface area contributed by atoms with Gasteiger partial charge in [0.05, 0.1) is 18.0 Å². The molecule has 0 unspecified atom stereocenters. The highest BCUT2D eigenvalue weighted by molar-refractivity contribution is 5.72. The predicted octanol–water partition coefficient (Wildman–Crippen LogP) is 3.50. The SMILES string of the molecule is CCOc1ccccc1-c1nc2cc(C)ccn2c1CN1CCCNCC1. The number of hydrogen-bond acceptors (Lipinski definition) is 4. The van der Waals surface area contributed by atoms with Crippen LogP contribution >= 0.6 is 0 Å². The molecule has 2 aromatic heterocycles. The van der Waals surface area contributed by atoms with Gasteiger partial charge in [0.15, 0.2) is 0 Å². The van der Waals surface area contributed by atoms with Gasteiger partial charge in [0.1, 0.15) is 11.4 Å². The van der Waals surface area contributed by atoms with Crippen LogP contribution in [0.1, 0.15) is 24.6 Å². The molecule has 0 saturated carbocycles. The van der Waals surface area contributed by atoms with Crippen molar-refractivity contribution in [2.45, 2.75) is 26.8 Å². The van der Waals surface area contributed by atoms with Gasteiger partial charge in [-0.05, 0) is 63.2 Å². The van der Waals surface area contributed by atoms with Crippen molar-refractivity contribution in [1.82, 2.24) is 19.6 Å². The quantitative estimate of drug-likeness (QED) is 0.752. The number of fused-ring (bicyclic) bond motifs is 1. The van der Waals surface area contributed by atoms with Gasteiger partial charge in [0.2, 0.25) is 0 Å². The average Bonchev–Trinajstić information content (AvgIpc) is 2.83. The molecule has 1 saturated heterocycles. The summed E-state index contributed by atoms with van der Waals surface area (Å²) in [6, 6.07) is 12.5. The normalized spacial score (nSPS) is 15.8. The van der Waals surface area contributed by atoms with Crippen molar-refractivity contribution in [3.05, 3.63) is 53.9 Å². The minimum Gasteiger partial charge on any atom is -0.493 e. The van der Waals surface area contributed by atoms with E-state index in [1.165, 1.54) is 17.7 Å². The molecule has 3 heterocycles. The summed E-state index contributed by atoms with van der Waals surface area (Å²) in [6.45, 7) is 9.99. The number of aryl methyl sites for hydroxylation is 1. The Balaban J connectivity index is 1.81. The first-order chi connectivity index (χ1) is 13.3. The molecule has 142 valence electrons. The van der Waals surface area contributed by atoms with E-state index in [0.717, 1.165) is 55.4 Å². The lowest BCUT2D eigenvalue weighted by Crippen LogP contribution is -2.28. The fourth-order valence-corrected chi connectivity index (χ4v) is 3.78. The Kier molecular flexibility index (Phi) is 5.41. The molecule has 1 N–H and O–H groups in total. The Morgan fingerprint density at radius 1 is 1.15 bits per heavy atom. The van der Waals surface area contributed by atoms with Crippen LogP contribution in [0.4, 0.5) is 0 Å². The number of imidazole rings is 1. The minimum atomic E-state index is 0.649. The van der Waals surface area contributed by atoms with Gasteiger partial charge in [-0.1, -0.05) is 12.1 Å². The van der Waals surface area contributed by atoms with E-state index >= 15 is 0 Å². The Morgan fingerprint density at radius 3 is 2.93 bits per heavy atom. The number of ether oxygens (including phenoxy) is 1. The highest BCUT2D eigenvalue weighted by atomic mass is 16.5. The van der Waals surface area contributed by atoms with E-state index in [4.69, 9.17) is 9.72 Å². The molecular formula is C22H28N4O. The minimum absolute atomic E-state index is 0.649. The van der Waals surface area contributed by atoms with Crippen LogP contribution in [-0.4, -0.2) is 47.1 Å². The molecule has 0 amide bonds. The summed E-state index contributed by atoms with van der Waals surface area (Å²) < 4.78 is 8.14. The number of benzene rings is 1. The topological polar surface area (TPSA) is 41.8 Å².